The fourth-order valence-corrected chi connectivity index (χ4v) is 2.98. The maximum Gasteiger partial charge on any atom is 0.254 e. The average Bonchev–Trinajstić information content (AvgIpc) is 2.67. The van der Waals surface area contributed by atoms with Gasteiger partial charge in [0.15, 0.2) is 0 Å². The molecular formula is C19H21ClN2O3. The summed E-state index contributed by atoms with van der Waals surface area (Å²) in [6.45, 7) is 3.28. The normalized spacial score (nSPS) is 14.4. The van der Waals surface area contributed by atoms with E-state index in [0.717, 1.165) is 11.1 Å². The third-order valence-corrected chi connectivity index (χ3v) is 4.34. The van der Waals surface area contributed by atoms with E-state index in [1.165, 1.54) is 0 Å². The average molecular weight is 361 g/mol. The van der Waals surface area contributed by atoms with Crippen LogP contribution in [0, 0.1) is 0 Å². The molecule has 0 unspecified atom stereocenters. The molecule has 0 atom stereocenters. The Morgan fingerprint density at radius 1 is 1.16 bits per heavy atom. The van der Waals surface area contributed by atoms with Crippen LogP contribution in [0.4, 0.5) is 0 Å². The molecule has 0 radical (unpaired) electrons. The molecular weight excluding hydrogens is 340 g/mol. The summed E-state index contributed by atoms with van der Waals surface area (Å²) in [7, 11) is 0. The van der Waals surface area contributed by atoms with Gasteiger partial charge in [0.05, 0.1) is 18.2 Å². The van der Waals surface area contributed by atoms with Crippen molar-refractivity contribution in [1.82, 2.24) is 4.90 Å². The van der Waals surface area contributed by atoms with Crippen LogP contribution >= 0.6 is 11.6 Å². The summed E-state index contributed by atoms with van der Waals surface area (Å²) in [5.74, 6) is 0.635. The Kier molecular flexibility index (Phi) is 5.91. The van der Waals surface area contributed by atoms with Gasteiger partial charge in [0.2, 0.25) is 0 Å². The van der Waals surface area contributed by atoms with E-state index in [1.807, 2.05) is 47.4 Å². The van der Waals surface area contributed by atoms with E-state index in [4.69, 9.17) is 26.8 Å². The Balaban J connectivity index is 1.81. The van der Waals surface area contributed by atoms with E-state index >= 15 is 0 Å². The van der Waals surface area contributed by atoms with Crippen LogP contribution in [0.25, 0.3) is 11.1 Å². The molecule has 2 aromatic rings. The van der Waals surface area contributed by atoms with Gasteiger partial charge in [0.1, 0.15) is 12.4 Å². The lowest BCUT2D eigenvalue weighted by Gasteiger charge is -2.27. The highest BCUT2D eigenvalue weighted by Gasteiger charge is 2.18. The van der Waals surface area contributed by atoms with Crippen molar-refractivity contribution in [1.29, 1.82) is 0 Å². The second-order valence-corrected chi connectivity index (χ2v) is 6.17. The van der Waals surface area contributed by atoms with Crippen LogP contribution in [0.15, 0.2) is 42.5 Å². The van der Waals surface area contributed by atoms with E-state index in [9.17, 15) is 4.79 Å². The molecule has 1 heterocycles. The summed E-state index contributed by atoms with van der Waals surface area (Å²) >= 11 is 6.28. The fraction of sp³-hybridized carbons (Fsp3) is 0.316. The number of nitrogens with zero attached hydrogens (tertiary/aromatic N) is 1. The number of hydrogen-bond acceptors (Lipinski definition) is 4. The molecule has 0 bridgehead atoms. The van der Waals surface area contributed by atoms with Crippen molar-refractivity contribution in [2.75, 3.05) is 39.5 Å². The third kappa shape index (κ3) is 4.31. The molecule has 0 spiro atoms. The maximum absolute atomic E-state index is 12.6. The van der Waals surface area contributed by atoms with Crippen LogP contribution in [-0.4, -0.2) is 50.3 Å². The number of carbonyl (C=O) groups is 1. The maximum atomic E-state index is 12.6. The van der Waals surface area contributed by atoms with Crippen LogP contribution in [0.2, 0.25) is 5.02 Å². The second-order valence-electron chi connectivity index (χ2n) is 5.77. The number of rotatable bonds is 5. The lowest BCUT2D eigenvalue weighted by atomic mass is 10.0. The molecule has 132 valence electrons. The minimum absolute atomic E-state index is 0.0270. The number of nitrogens with two attached hydrogens (primary N) is 1. The van der Waals surface area contributed by atoms with Crippen LogP contribution in [0.5, 0.6) is 5.75 Å². The zero-order valence-corrected chi connectivity index (χ0v) is 14.7. The van der Waals surface area contributed by atoms with E-state index in [2.05, 4.69) is 0 Å². The first-order chi connectivity index (χ1) is 12.2. The topological polar surface area (TPSA) is 64.8 Å². The molecule has 2 N–H and O–H groups in total. The summed E-state index contributed by atoms with van der Waals surface area (Å²) in [6, 6.07) is 13.2. The van der Waals surface area contributed by atoms with Gasteiger partial charge in [-0.3, -0.25) is 4.79 Å². The van der Waals surface area contributed by atoms with Gasteiger partial charge in [-0.15, -0.1) is 0 Å². The fourth-order valence-electron chi connectivity index (χ4n) is 2.75. The van der Waals surface area contributed by atoms with Gasteiger partial charge in [-0.05, 0) is 35.4 Å². The molecule has 1 fully saturated rings. The van der Waals surface area contributed by atoms with Crippen molar-refractivity contribution >= 4 is 17.5 Å². The Morgan fingerprint density at radius 3 is 2.64 bits per heavy atom. The zero-order valence-electron chi connectivity index (χ0n) is 13.9. The third-order valence-electron chi connectivity index (χ3n) is 4.05. The number of amides is 1. The molecule has 2 aromatic carbocycles. The molecule has 0 aliphatic carbocycles. The monoisotopic (exact) mass is 360 g/mol. The Labute approximate surface area is 152 Å². The van der Waals surface area contributed by atoms with Gasteiger partial charge in [0, 0.05) is 25.2 Å². The molecule has 0 aromatic heterocycles. The van der Waals surface area contributed by atoms with Gasteiger partial charge in [-0.2, -0.15) is 0 Å². The molecule has 5 nitrogen and oxygen atoms in total. The highest BCUT2D eigenvalue weighted by Crippen LogP contribution is 2.31. The molecule has 1 aliphatic heterocycles. The van der Waals surface area contributed by atoms with Crippen LogP contribution in [0.1, 0.15) is 10.4 Å². The summed E-state index contributed by atoms with van der Waals surface area (Å²) in [4.78, 5) is 14.5. The summed E-state index contributed by atoms with van der Waals surface area (Å²) in [5, 5.41) is 0.524. The molecule has 1 aliphatic rings. The molecule has 1 amide bonds. The molecule has 0 saturated carbocycles. The highest BCUT2D eigenvalue weighted by atomic mass is 35.5. The summed E-state index contributed by atoms with van der Waals surface area (Å²) in [5.41, 5.74) is 7.98. The molecule has 1 saturated heterocycles. The SMILES string of the molecule is NCCOc1ccc(-c2cccc(C(=O)N3CCOCC3)c2)cc1Cl. The molecule has 3 rings (SSSR count). The Hall–Kier alpha value is -2.08. The van der Waals surface area contributed by atoms with E-state index < -0.39 is 0 Å². The van der Waals surface area contributed by atoms with E-state index in [1.54, 1.807) is 0 Å². The molecule has 6 heteroatoms. The highest BCUT2D eigenvalue weighted by molar-refractivity contribution is 6.32. The van der Waals surface area contributed by atoms with Crippen molar-refractivity contribution in [3.8, 4) is 16.9 Å². The summed E-state index contributed by atoms with van der Waals surface area (Å²) in [6.07, 6.45) is 0. The van der Waals surface area contributed by atoms with Crippen LogP contribution < -0.4 is 10.5 Å². The number of morpholine rings is 1. The number of benzene rings is 2. The van der Waals surface area contributed by atoms with Crippen molar-refractivity contribution < 1.29 is 14.3 Å². The Bertz CT molecular complexity index is 745. The number of halogens is 1. The predicted octanol–water partition coefficient (Wildman–Crippen LogP) is 2.82. The first-order valence-electron chi connectivity index (χ1n) is 8.29. The first kappa shape index (κ1) is 17.7. The lowest BCUT2D eigenvalue weighted by Crippen LogP contribution is -2.40. The quantitative estimate of drug-likeness (QED) is 0.890. The van der Waals surface area contributed by atoms with Crippen molar-refractivity contribution in [3.63, 3.8) is 0 Å². The van der Waals surface area contributed by atoms with Gasteiger partial charge in [-0.1, -0.05) is 29.8 Å². The predicted molar refractivity (Wildman–Crippen MR) is 98.2 cm³/mol. The minimum atomic E-state index is 0.0270. The van der Waals surface area contributed by atoms with Gasteiger partial charge < -0.3 is 20.1 Å². The van der Waals surface area contributed by atoms with E-state index in [-0.39, 0.29) is 5.91 Å². The van der Waals surface area contributed by atoms with Crippen molar-refractivity contribution in [2.24, 2.45) is 5.73 Å². The lowest BCUT2D eigenvalue weighted by molar-refractivity contribution is 0.0303. The molecule has 25 heavy (non-hydrogen) atoms. The van der Waals surface area contributed by atoms with Crippen molar-refractivity contribution in [2.45, 2.75) is 0 Å². The number of ether oxygens (including phenoxy) is 2. The van der Waals surface area contributed by atoms with Gasteiger partial charge in [-0.25, -0.2) is 0 Å². The van der Waals surface area contributed by atoms with Gasteiger partial charge >= 0.3 is 0 Å². The standard InChI is InChI=1S/C19H21ClN2O3/c20-17-13-15(4-5-18(17)25-9-6-21)14-2-1-3-16(12-14)19(23)22-7-10-24-11-8-22/h1-5,12-13H,6-11,21H2. The minimum Gasteiger partial charge on any atom is -0.491 e. The van der Waals surface area contributed by atoms with Crippen LogP contribution in [0.3, 0.4) is 0 Å². The van der Waals surface area contributed by atoms with Crippen LogP contribution in [-0.2, 0) is 4.74 Å². The summed E-state index contributed by atoms with van der Waals surface area (Å²) < 4.78 is 10.8. The van der Waals surface area contributed by atoms with Gasteiger partial charge in [0.25, 0.3) is 5.91 Å². The van der Waals surface area contributed by atoms with E-state index in [0.29, 0.717) is 55.8 Å². The second kappa shape index (κ2) is 8.34. The Morgan fingerprint density at radius 2 is 1.92 bits per heavy atom. The number of hydrogen-bond donors (Lipinski definition) is 1. The van der Waals surface area contributed by atoms with Crippen molar-refractivity contribution in [3.05, 3.63) is 53.1 Å². The number of carbonyl (C=O) groups excluding carboxylic acids is 1. The largest absolute Gasteiger partial charge is 0.491 e. The first-order valence-corrected chi connectivity index (χ1v) is 8.66. The smallest absolute Gasteiger partial charge is 0.254 e. The zero-order chi connectivity index (χ0) is 17.6.